The van der Waals surface area contributed by atoms with Crippen LogP contribution in [0.4, 0.5) is 5.82 Å². The van der Waals surface area contributed by atoms with Crippen LogP contribution < -0.4 is 10.5 Å². The van der Waals surface area contributed by atoms with Crippen molar-refractivity contribution < 1.29 is 13.5 Å². The first-order chi connectivity index (χ1) is 11.3. The van der Waals surface area contributed by atoms with E-state index in [2.05, 4.69) is 10.3 Å². The van der Waals surface area contributed by atoms with E-state index >= 15 is 0 Å². The van der Waals surface area contributed by atoms with Crippen LogP contribution in [0.5, 0.6) is 0 Å². The summed E-state index contributed by atoms with van der Waals surface area (Å²) in [5, 5.41) is 18.1. The number of benzene rings is 1. The Morgan fingerprint density at radius 1 is 1.21 bits per heavy atom. The third kappa shape index (κ3) is 4.31. The first-order valence-corrected chi connectivity index (χ1v) is 9.18. The summed E-state index contributed by atoms with van der Waals surface area (Å²) in [4.78, 5) is 4.04. The SMILES string of the molecule is CC(C)(CO)C(CNc1ncccc1S(N)(=O)=O)c1ccccc1. The monoisotopic (exact) mass is 349 g/mol. The fourth-order valence-corrected chi connectivity index (χ4v) is 3.26. The molecule has 1 heterocycles. The van der Waals surface area contributed by atoms with Gasteiger partial charge in [0, 0.05) is 25.3 Å². The number of nitrogens with one attached hydrogen (secondary N) is 1. The Bertz CT molecular complexity index is 777. The zero-order valence-electron chi connectivity index (χ0n) is 13.8. The minimum absolute atomic E-state index is 0.00148. The third-order valence-corrected chi connectivity index (χ3v) is 5.05. The number of pyridine rings is 1. The van der Waals surface area contributed by atoms with Crippen LogP contribution in [0, 0.1) is 5.41 Å². The van der Waals surface area contributed by atoms with E-state index in [4.69, 9.17) is 5.14 Å². The molecule has 0 fully saturated rings. The standard InChI is InChI=1S/C17H23N3O3S/c1-17(2,12-21)14(13-7-4-3-5-8-13)11-20-16-15(24(18,22)23)9-6-10-19-16/h3-10,14,21H,11-12H2,1-2H3,(H,19,20)(H2,18,22,23). The summed E-state index contributed by atoms with van der Waals surface area (Å²) in [6.07, 6.45) is 1.51. The maximum absolute atomic E-state index is 11.7. The molecule has 0 bridgehead atoms. The van der Waals surface area contributed by atoms with Crippen molar-refractivity contribution in [3.05, 3.63) is 54.2 Å². The fraction of sp³-hybridized carbons (Fsp3) is 0.353. The van der Waals surface area contributed by atoms with E-state index in [0.717, 1.165) is 5.56 Å². The number of aliphatic hydroxyl groups is 1. The molecule has 0 aliphatic carbocycles. The van der Waals surface area contributed by atoms with Crippen LogP contribution in [-0.4, -0.2) is 31.7 Å². The maximum atomic E-state index is 11.7. The summed E-state index contributed by atoms with van der Waals surface area (Å²) in [6.45, 7) is 4.34. The molecule has 1 atom stereocenters. The molecule has 24 heavy (non-hydrogen) atoms. The molecule has 130 valence electrons. The first-order valence-electron chi connectivity index (χ1n) is 7.63. The Morgan fingerprint density at radius 2 is 1.88 bits per heavy atom. The van der Waals surface area contributed by atoms with Crippen molar-refractivity contribution in [2.45, 2.75) is 24.7 Å². The number of anilines is 1. The number of rotatable bonds is 7. The van der Waals surface area contributed by atoms with Gasteiger partial charge in [-0.15, -0.1) is 0 Å². The number of nitrogens with zero attached hydrogens (tertiary/aromatic N) is 1. The molecule has 0 saturated carbocycles. The number of nitrogens with two attached hydrogens (primary N) is 1. The van der Waals surface area contributed by atoms with E-state index in [1.165, 1.54) is 18.3 Å². The van der Waals surface area contributed by atoms with Crippen LogP contribution in [0.3, 0.4) is 0 Å². The number of hydrogen-bond acceptors (Lipinski definition) is 5. The van der Waals surface area contributed by atoms with E-state index < -0.39 is 15.4 Å². The molecule has 0 aliphatic rings. The number of hydrogen-bond donors (Lipinski definition) is 3. The third-order valence-electron chi connectivity index (χ3n) is 4.10. The van der Waals surface area contributed by atoms with Gasteiger partial charge in [-0.25, -0.2) is 18.5 Å². The normalized spacial score (nSPS) is 13.5. The highest BCUT2D eigenvalue weighted by molar-refractivity contribution is 7.89. The molecule has 0 saturated heterocycles. The maximum Gasteiger partial charge on any atom is 0.241 e. The minimum Gasteiger partial charge on any atom is -0.396 e. The van der Waals surface area contributed by atoms with Crippen LogP contribution in [0.1, 0.15) is 25.3 Å². The lowest BCUT2D eigenvalue weighted by Crippen LogP contribution is -2.32. The van der Waals surface area contributed by atoms with Crippen molar-refractivity contribution in [3.8, 4) is 0 Å². The van der Waals surface area contributed by atoms with Crippen molar-refractivity contribution in [1.29, 1.82) is 0 Å². The Kier molecular flexibility index (Phi) is 5.58. The Morgan fingerprint density at radius 3 is 2.46 bits per heavy atom. The number of primary sulfonamides is 1. The highest BCUT2D eigenvalue weighted by Crippen LogP contribution is 2.35. The predicted octanol–water partition coefficient (Wildman–Crippen LogP) is 1.94. The average Bonchev–Trinajstić information content (AvgIpc) is 2.55. The van der Waals surface area contributed by atoms with Crippen molar-refractivity contribution >= 4 is 15.8 Å². The molecule has 0 spiro atoms. The van der Waals surface area contributed by atoms with Gasteiger partial charge in [0.2, 0.25) is 10.0 Å². The summed E-state index contributed by atoms with van der Waals surface area (Å²) >= 11 is 0. The fourth-order valence-electron chi connectivity index (χ4n) is 2.59. The van der Waals surface area contributed by atoms with Gasteiger partial charge in [-0.05, 0) is 23.1 Å². The summed E-state index contributed by atoms with van der Waals surface area (Å²) in [7, 11) is -3.86. The molecule has 6 nitrogen and oxygen atoms in total. The van der Waals surface area contributed by atoms with Crippen molar-refractivity contribution in [1.82, 2.24) is 4.98 Å². The molecule has 7 heteroatoms. The second-order valence-corrected chi connectivity index (χ2v) is 7.92. The van der Waals surface area contributed by atoms with Gasteiger partial charge in [-0.1, -0.05) is 44.2 Å². The van der Waals surface area contributed by atoms with Gasteiger partial charge >= 0.3 is 0 Å². The Balaban J connectivity index is 2.30. The van der Waals surface area contributed by atoms with E-state index in [9.17, 15) is 13.5 Å². The summed E-state index contributed by atoms with van der Waals surface area (Å²) < 4.78 is 23.4. The van der Waals surface area contributed by atoms with E-state index in [1.807, 2.05) is 44.2 Å². The van der Waals surface area contributed by atoms with Crippen LogP contribution >= 0.6 is 0 Å². The molecule has 1 unspecified atom stereocenters. The number of sulfonamides is 1. The molecular weight excluding hydrogens is 326 g/mol. The van der Waals surface area contributed by atoms with Crippen LogP contribution in [0.15, 0.2) is 53.6 Å². The number of aromatic nitrogens is 1. The lowest BCUT2D eigenvalue weighted by Gasteiger charge is -2.33. The summed E-state index contributed by atoms with van der Waals surface area (Å²) in [6, 6.07) is 12.7. The van der Waals surface area contributed by atoms with Gasteiger partial charge < -0.3 is 10.4 Å². The highest BCUT2D eigenvalue weighted by Gasteiger charge is 2.30. The van der Waals surface area contributed by atoms with E-state index in [0.29, 0.717) is 6.54 Å². The highest BCUT2D eigenvalue weighted by atomic mass is 32.2. The predicted molar refractivity (Wildman–Crippen MR) is 94.1 cm³/mol. The van der Waals surface area contributed by atoms with Crippen molar-refractivity contribution in [2.24, 2.45) is 10.6 Å². The largest absolute Gasteiger partial charge is 0.396 e. The average molecular weight is 349 g/mol. The van der Waals surface area contributed by atoms with E-state index in [-0.39, 0.29) is 23.2 Å². The molecule has 4 N–H and O–H groups in total. The lowest BCUT2D eigenvalue weighted by atomic mass is 9.75. The first kappa shape index (κ1) is 18.4. The van der Waals surface area contributed by atoms with E-state index in [1.54, 1.807) is 0 Å². The molecule has 0 amide bonds. The quantitative estimate of drug-likeness (QED) is 0.708. The van der Waals surface area contributed by atoms with Gasteiger partial charge in [0.05, 0.1) is 0 Å². The topological polar surface area (TPSA) is 105 Å². The van der Waals surface area contributed by atoms with Gasteiger partial charge in [-0.3, -0.25) is 0 Å². The van der Waals surface area contributed by atoms with Crippen LogP contribution in [0.2, 0.25) is 0 Å². The zero-order valence-corrected chi connectivity index (χ0v) is 14.6. The van der Waals surface area contributed by atoms with Gasteiger partial charge in [0.15, 0.2) is 0 Å². The molecule has 1 aromatic heterocycles. The second kappa shape index (κ2) is 7.29. The molecule has 2 aromatic rings. The van der Waals surface area contributed by atoms with Gasteiger partial charge in [-0.2, -0.15) is 0 Å². The Labute approximate surface area is 142 Å². The molecule has 0 aliphatic heterocycles. The molecular formula is C17H23N3O3S. The van der Waals surface area contributed by atoms with Gasteiger partial charge in [0.25, 0.3) is 0 Å². The van der Waals surface area contributed by atoms with Crippen LogP contribution in [-0.2, 0) is 10.0 Å². The molecule has 2 rings (SSSR count). The summed E-state index contributed by atoms with van der Waals surface area (Å²) in [5.41, 5.74) is 0.655. The molecule has 0 radical (unpaired) electrons. The second-order valence-electron chi connectivity index (χ2n) is 6.39. The lowest BCUT2D eigenvalue weighted by molar-refractivity contribution is 0.134. The van der Waals surface area contributed by atoms with Gasteiger partial charge in [0.1, 0.15) is 10.7 Å². The Hall–Kier alpha value is -1.96. The summed E-state index contributed by atoms with van der Waals surface area (Å²) in [5.74, 6) is 0.175. The minimum atomic E-state index is -3.86. The molecule has 1 aromatic carbocycles. The van der Waals surface area contributed by atoms with Crippen LogP contribution in [0.25, 0.3) is 0 Å². The number of aliphatic hydroxyl groups excluding tert-OH is 1. The smallest absolute Gasteiger partial charge is 0.241 e. The van der Waals surface area contributed by atoms with Crippen molar-refractivity contribution in [3.63, 3.8) is 0 Å². The van der Waals surface area contributed by atoms with Crippen molar-refractivity contribution in [2.75, 3.05) is 18.5 Å². The zero-order chi connectivity index (χ0) is 17.8.